The van der Waals surface area contributed by atoms with E-state index in [0.29, 0.717) is 18.4 Å². The highest BCUT2D eigenvalue weighted by Crippen LogP contribution is 2.25. The second kappa shape index (κ2) is 6.67. The Morgan fingerprint density at radius 1 is 1.13 bits per heavy atom. The molecule has 120 valence electrons. The van der Waals surface area contributed by atoms with Crippen molar-refractivity contribution in [3.8, 4) is 0 Å². The molecule has 0 N–H and O–H groups in total. The third kappa shape index (κ3) is 3.37. The number of ether oxygens (including phenoxy) is 1. The molecular weight excluding hydrogens is 306 g/mol. The predicted octanol–water partition coefficient (Wildman–Crippen LogP) is 3.96. The van der Waals surface area contributed by atoms with Gasteiger partial charge in [0.1, 0.15) is 6.61 Å². The molecule has 1 heterocycles. The van der Waals surface area contributed by atoms with Gasteiger partial charge in [-0.25, -0.2) is 9.20 Å². The Balaban J connectivity index is 1.97. The number of aliphatic imine (C=N–C) groups is 1. The van der Waals surface area contributed by atoms with Crippen LogP contribution in [0.2, 0.25) is 0 Å². The third-order valence-corrected chi connectivity index (χ3v) is 5.45. The zero-order chi connectivity index (χ0) is 16.4. The average Bonchev–Trinajstić information content (AvgIpc) is 3.05. The summed E-state index contributed by atoms with van der Waals surface area (Å²) in [6.45, 7) is 6.89. The average molecular weight is 327 g/mol. The largest absolute Gasteiger partial charge is 0.475 e. The van der Waals surface area contributed by atoms with Crippen LogP contribution >= 0.6 is 0 Å². The minimum atomic E-state index is -1.25. The Bertz CT molecular complexity index is 750. The maximum absolute atomic E-state index is 13.0. The maximum Gasteiger partial charge on any atom is 0.217 e. The zero-order valence-electron chi connectivity index (χ0n) is 13.7. The van der Waals surface area contributed by atoms with Gasteiger partial charge >= 0.3 is 0 Å². The summed E-state index contributed by atoms with van der Waals surface area (Å²) in [5, 5.41) is 0. The van der Waals surface area contributed by atoms with Crippen LogP contribution in [0.3, 0.4) is 0 Å². The molecule has 0 unspecified atom stereocenters. The van der Waals surface area contributed by atoms with E-state index < -0.39 is 10.8 Å². The lowest BCUT2D eigenvalue weighted by Gasteiger charge is -2.09. The molecule has 3 rings (SSSR count). The smallest absolute Gasteiger partial charge is 0.217 e. The molecule has 3 nitrogen and oxygen atoms in total. The van der Waals surface area contributed by atoms with Crippen LogP contribution in [0.4, 0.5) is 0 Å². The summed E-state index contributed by atoms with van der Waals surface area (Å²) in [5.41, 5.74) is 1.98. The fraction of sp³-hybridized carbons (Fsp3) is 0.316. The molecule has 0 fully saturated rings. The second-order valence-electron chi connectivity index (χ2n) is 6.13. The van der Waals surface area contributed by atoms with Crippen molar-refractivity contribution in [3.63, 3.8) is 0 Å². The number of hydrogen-bond acceptors (Lipinski definition) is 3. The van der Waals surface area contributed by atoms with Crippen LogP contribution in [0.1, 0.15) is 25.0 Å². The molecule has 0 radical (unpaired) electrons. The van der Waals surface area contributed by atoms with Crippen molar-refractivity contribution in [2.45, 2.75) is 36.6 Å². The molecule has 0 spiro atoms. The second-order valence-corrected chi connectivity index (χ2v) is 7.58. The molecule has 0 amide bonds. The Labute approximate surface area is 139 Å². The van der Waals surface area contributed by atoms with Gasteiger partial charge in [0.05, 0.1) is 27.3 Å². The number of rotatable bonds is 4. The molecule has 1 aliphatic rings. The van der Waals surface area contributed by atoms with E-state index >= 15 is 0 Å². The molecular formula is C19H21NO2S. The van der Waals surface area contributed by atoms with E-state index in [2.05, 4.69) is 18.8 Å². The van der Waals surface area contributed by atoms with Gasteiger partial charge in [-0.2, -0.15) is 0 Å². The number of aryl methyl sites for hydroxylation is 1. The summed E-state index contributed by atoms with van der Waals surface area (Å²) in [4.78, 5) is 6.21. The summed E-state index contributed by atoms with van der Waals surface area (Å²) < 4.78 is 18.7. The molecule has 4 heteroatoms. The van der Waals surface area contributed by atoms with Gasteiger partial charge in [0.15, 0.2) is 0 Å². The van der Waals surface area contributed by atoms with Crippen molar-refractivity contribution in [1.29, 1.82) is 0 Å². The van der Waals surface area contributed by atoms with Crippen molar-refractivity contribution in [3.05, 3.63) is 59.7 Å². The van der Waals surface area contributed by atoms with Gasteiger partial charge in [0.25, 0.3) is 0 Å². The molecule has 0 aliphatic carbocycles. The Hall–Kier alpha value is -1.94. The normalized spacial score (nSPS) is 18.6. The minimum Gasteiger partial charge on any atom is -0.475 e. The fourth-order valence-electron chi connectivity index (χ4n) is 2.47. The van der Waals surface area contributed by atoms with Crippen LogP contribution in [0.15, 0.2) is 63.3 Å². The summed E-state index contributed by atoms with van der Waals surface area (Å²) >= 11 is 0. The van der Waals surface area contributed by atoms with Gasteiger partial charge in [0.2, 0.25) is 5.90 Å². The highest BCUT2D eigenvalue weighted by molar-refractivity contribution is 7.85. The van der Waals surface area contributed by atoms with Crippen molar-refractivity contribution in [2.75, 3.05) is 6.61 Å². The van der Waals surface area contributed by atoms with Gasteiger partial charge < -0.3 is 4.74 Å². The van der Waals surface area contributed by atoms with Gasteiger partial charge in [-0.3, -0.25) is 0 Å². The van der Waals surface area contributed by atoms with Gasteiger partial charge in [-0.15, -0.1) is 0 Å². The lowest BCUT2D eigenvalue weighted by Crippen LogP contribution is -2.13. The van der Waals surface area contributed by atoms with Crippen LogP contribution in [0.5, 0.6) is 0 Å². The lowest BCUT2D eigenvalue weighted by atomic mass is 10.1. The van der Waals surface area contributed by atoms with E-state index in [-0.39, 0.29) is 6.04 Å². The van der Waals surface area contributed by atoms with Crippen LogP contribution in [-0.4, -0.2) is 22.8 Å². The molecule has 0 aromatic heterocycles. The van der Waals surface area contributed by atoms with Crippen molar-refractivity contribution >= 4 is 16.7 Å². The third-order valence-electron chi connectivity index (χ3n) is 4.00. The van der Waals surface area contributed by atoms with E-state index in [0.717, 1.165) is 20.9 Å². The first-order chi connectivity index (χ1) is 11.1. The Morgan fingerprint density at radius 2 is 1.83 bits per heavy atom. The van der Waals surface area contributed by atoms with Gasteiger partial charge in [-0.05, 0) is 37.1 Å². The first-order valence-corrected chi connectivity index (χ1v) is 8.99. The standard InChI is InChI=1S/C19H21NO2S/c1-13(2)17-12-22-19(20-17)16-6-4-5-7-18(16)23(21)15-10-8-14(3)9-11-15/h4-11,13,17H,12H2,1-3H3/t17-,23+/m0/s1. The monoisotopic (exact) mass is 327 g/mol. The van der Waals surface area contributed by atoms with Crippen LogP contribution in [0, 0.1) is 12.8 Å². The number of nitrogens with zero attached hydrogens (tertiary/aromatic N) is 1. The summed E-state index contributed by atoms with van der Waals surface area (Å²) in [7, 11) is -1.25. The SMILES string of the molecule is Cc1ccc([S@@](=O)c2ccccc2C2=N[C@H](C(C)C)CO2)cc1. The van der Waals surface area contributed by atoms with Crippen LogP contribution in [0.25, 0.3) is 0 Å². The molecule has 2 aromatic carbocycles. The summed E-state index contributed by atoms with van der Waals surface area (Å²) in [6, 6.07) is 15.6. The number of benzene rings is 2. The molecule has 0 bridgehead atoms. The highest BCUT2D eigenvalue weighted by atomic mass is 32.2. The van der Waals surface area contributed by atoms with E-state index in [1.54, 1.807) is 0 Å². The van der Waals surface area contributed by atoms with E-state index in [1.807, 2.05) is 55.5 Å². The Kier molecular flexibility index (Phi) is 4.62. The first-order valence-electron chi connectivity index (χ1n) is 7.84. The topological polar surface area (TPSA) is 38.7 Å². The predicted molar refractivity (Wildman–Crippen MR) is 93.4 cm³/mol. The minimum absolute atomic E-state index is 0.172. The first kappa shape index (κ1) is 15.9. The van der Waals surface area contributed by atoms with Crippen LogP contribution in [-0.2, 0) is 15.5 Å². The van der Waals surface area contributed by atoms with E-state index in [9.17, 15) is 4.21 Å². The van der Waals surface area contributed by atoms with Crippen molar-refractivity contribution in [1.82, 2.24) is 0 Å². The summed E-state index contributed by atoms with van der Waals surface area (Å²) in [5.74, 6) is 1.04. The van der Waals surface area contributed by atoms with Gasteiger partial charge in [-0.1, -0.05) is 43.7 Å². The summed E-state index contributed by atoms with van der Waals surface area (Å²) in [6.07, 6.45) is 0. The molecule has 2 aromatic rings. The van der Waals surface area contributed by atoms with Gasteiger partial charge in [0, 0.05) is 4.90 Å². The molecule has 0 saturated carbocycles. The lowest BCUT2D eigenvalue weighted by molar-refractivity contribution is 0.291. The van der Waals surface area contributed by atoms with Crippen molar-refractivity contribution in [2.24, 2.45) is 10.9 Å². The maximum atomic E-state index is 13.0. The van der Waals surface area contributed by atoms with Crippen molar-refractivity contribution < 1.29 is 8.95 Å². The molecule has 1 aliphatic heterocycles. The highest BCUT2D eigenvalue weighted by Gasteiger charge is 2.25. The fourth-order valence-corrected chi connectivity index (χ4v) is 3.67. The molecule has 2 atom stereocenters. The number of hydrogen-bond donors (Lipinski definition) is 0. The van der Waals surface area contributed by atoms with E-state index in [1.165, 1.54) is 0 Å². The Morgan fingerprint density at radius 3 is 2.48 bits per heavy atom. The quantitative estimate of drug-likeness (QED) is 0.852. The molecule has 0 saturated heterocycles. The van der Waals surface area contributed by atoms with Crippen LogP contribution < -0.4 is 0 Å². The van der Waals surface area contributed by atoms with E-state index in [4.69, 9.17) is 4.74 Å². The zero-order valence-corrected chi connectivity index (χ0v) is 14.5. The molecule has 23 heavy (non-hydrogen) atoms.